The topological polar surface area (TPSA) is 12.9 Å². The van der Waals surface area contributed by atoms with Crippen LogP contribution in [0.2, 0.25) is 0 Å². The number of pyridine rings is 1. The van der Waals surface area contributed by atoms with Gasteiger partial charge in [0, 0.05) is 18.0 Å². The smallest absolute Gasteiger partial charge is 0.0346 e. The van der Waals surface area contributed by atoms with Crippen LogP contribution in [0.1, 0.15) is 0 Å². The minimum atomic E-state index is 1.11. The van der Waals surface area contributed by atoms with E-state index < -0.39 is 0 Å². The molecule has 0 radical (unpaired) electrons. The number of fused-ring (bicyclic) bond motifs is 4. The SMILES string of the molecule is c1ccc(-c2ccc(-c3ccccc3-c3c4ccccc4c(-c4ccc(-c5c6ccccc6c(-c6ccccc6-c6cccnc6)c6ccccc56)cc4)c4ccccc34)cc2)cc1. The van der Waals surface area contributed by atoms with Crippen molar-refractivity contribution in [3.05, 3.63) is 249 Å². The molecule has 64 heavy (non-hydrogen) atoms. The molecule has 0 saturated carbocycles. The lowest BCUT2D eigenvalue weighted by Crippen LogP contribution is -1.94. The van der Waals surface area contributed by atoms with Crippen LogP contribution in [0.4, 0.5) is 0 Å². The van der Waals surface area contributed by atoms with Gasteiger partial charge in [0.25, 0.3) is 0 Å². The zero-order valence-electron chi connectivity index (χ0n) is 35.1. The van der Waals surface area contributed by atoms with E-state index in [-0.39, 0.29) is 0 Å². The standard InChI is InChI=1S/C63H41N/c1-2-17-42(18-3-1)43-32-34-44(35-33-43)48-20-4-6-22-50(48)62-56-28-12-8-24-52(56)60(53-25-9-13-29-57(53)62)45-36-38-46(39-37-45)61-54-26-10-14-30-58(54)63(59-31-15-11-27-55(59)61)51-23-7-5-21-49(51)47-19-16-40-64-41-47/h1-41H. The molecule has 12 rings (SSSR count). The molecule has 0 unspecified atom stereocenters. The van der Waals surface area contributed by atoms with Gasteiger partial charge < -0.3 is 0 Å². The summed E-state index contributed by atoms with van der Waals surface area (Å²) < 4.78 is 0. The summed E-state index contributed by atoms with van der Waals surface area (Å²) in [5.41, 5.74) is 17.0. The zero-order valence-corrected chi connectivity index (χ0v) is 35.1. The van der Waals surface area contributed by atoms with E-state index in [1.165, 1.54) is 115 Å². The van der Waals surface area contributed by atoms with E-state index in [4.69, 9.17) is 0 Å². The van der Waals surface area contributed by atoms with Crippen molar-refractivity contribution >= 4 is 43.1 Å². The van der Waals surface area contributed by atoms with Crippen LogP contribution < -0.4 is 0 Å². The fourth-order valence-corrected chi connectivity index (χ4v) is 10.2. The summed E-state index contributed by atoms with van der Waals surface area (Å²) in [5, 5.41) is 9.90. The fraction of sp³-hybridized carbons (Fsp3) is 0. The molecule has 0 aliphatic rings. The summed E-state index contributed by atoms with van der Waals surface area (Å²) in [6.07, 6.45) is 3.80. The van der Waals surface area contributed by atoms with Gasteiger partial charge in [-0.25, -0.2) is 0 Å². The Kier molecular flexibility index (Phi) is 9.24. The van der Waals surface area contributed by atoms with Crippen molar-refractivity contribution in [3.63, 3.8) is 0 Å². The van der Waals surface area contributed by atoms with Crippen LogP contribution in [-0.4, -0.2) is 4.98 Å². The number of aromatic nitrogens is 1. The summed E-state index contributed by atoms with van der Waals surface area (Å²) in [5.74, 6) is 0. The van der Waals surface area contributed by atoms with Crippen molar-refractivity contribution < 1.29 is 0 Å². The van der Waals surface area contributed by atoms with E-state index in [2.05, 4.69) is 236 Å². The average molecular weight is 812 g/mol. The Morgan fingerprint density at radius 1 is 0.188 bits per heavy atom. The second-order valence-electron chi connectivity index (χ2n) is 16.5. The molecule has 0 amide bonds. The summed E-state index contributed by atoms with van der Waals surface area (Å²) >= 11 is 0. The van der Waals surface area contributed by atoms with Crippen molar-refractivity contribution in [3.8, 4) is 77.9 Å². The average Bonchev–Trinajstić information content (AvgIpc) is 3.38. The highest BCUT2D eigenvalue weighted by atomic mass is 14.6. The second kappa shape index (κ2) is 15.8. The molecule has 0 spiro atoms. The monoisotopic (exact) mass is 811 g/mol. The normalized spacial score (nSPS) is 11.4. The van der Waals surface area contributed by atoms with E-state index in [0.29, 0.717) is 0 Å². The highest BCUT2D eigenvalue weighted by molar-refractivity contribution is 6.24. The maximum absolute atomic E-state index is 4.48. The summed E-state index contributed by atoms with van der Waals surface area (Å²) in [4.78, 5) is 4.48. The largest absolute Gasteiger partial charge is 0.264 e. The lowest BCUT2D eigenvalue weighted by molar-refractivity contribution is 1.33. The minimum Gasteiger partial charge on any atom is -0.264 e. The van der Waals surface area contributed by atoms with Gasteiger partial charge in [-0.05, 0) is 121 Å². The number of nitrogens with zero attached hydrogens (tertiary/aromatic N) is 1. The Bertz CT molecular complexity index is 3570. The van der Waals surface area contributed by atoms with Crippen LogP contribution in [-0.2, 0) is 0 Å². The van der Waals surface area contributed by atoms with Crippen LogP contribution in [0.3, 0.4) is 0 Å². The molecule has 0 fully saturated rings. The number of benzene rings is 11. The van der Waals surface area contributed by atoms with Crippen molar-refractivity contribution in [1.29, 1.82) is 0 Å². The van der Waals surface area contributed by atoms with Gasteiger partial charge in [-0.3, -0.25) is 4.98 Å². The van der Waals surface area contributed by atoms with Gasteiger partial charge in [-0.15, -0.1) is 0 Å². The Morgan fingerprint density at radius 3 is 0.891 bits per heavy atom. The Labute approximate surface area is 373 Å². The fourth-order valence-electron chi connectivity index (χ4n) is 10.2. The lowest BCUT2D eigenvalue weighted by atomic mass is 9.82. The quantitative estimate of drug-likeness (QED) is 0.146. The van der Waals surface area contributed by atoms with Gasteiger partial charge in [-0.2, -0.15) is 0 Å². The van der Waals surface area contributed by atoms with Crippen molar-refractivity contribution in [2.24, 2.45) is 0 Å². The van der Waals surface area contributed by atoms with Gasteiger partial charge in [0.1, 0.15) is 0 Å². The molecule has 0 atom stereocenters. The third-order valence-electron chi connectivity index (χ3n) is 13.0. The molecule has 0 N–H and O–H groups in total. The van der Waals surface area contributed by atoms with E-state index in [1.54, 1.807) is 0 Å². The summed E-state index contributed by atoms with van der Waals surface area (Å²) in [7, 11) is 0. The summed E-state index contributed by atoms with van der Waals surface area (Å²) in [6, 6.07) is 86.5. The summed E-state index contributed by atoms with van der Waals surface area (Å²) in [6.45, 7) is 0. The van der Waals surface area contributed by atoms with Crippen LogP contribution in [0.5, 0.6) is 0 Å². The Morgan fingerprint density at radius 2 is 0.484 bits per heavy atom. The first-order valence-electron chi connectivity index (χ1n) is 22.0. The molecule has 11 aromatic carbocycles. The molecular formula is C63H41N. The van der Waals surface area contributed by atoms with E-state index in [9.17, 15) is 0 Å². The molecule has 1 heteroatoms. The molecule has 1 nitrogen and oxygen atoms in total. The van der Waals surface area contributed by atoms with Crippen LogP contribution in [0, 0.1) is 0 Å². The maximum Gasteiger partial charge on any atom is 0.0346 e. The van der Waals surface area contributed by atoms with Crippen molar-refractivity contribution in [2.75, 3.05) is 0 Å². The van der Waals surface area contributed by atoms with Gasteiger partial charge in [0.15, 0.2) is 0 Å². The highest BCUT2D eigenvalue weighted by Crippen LogP contribution is 2.49. The number of rotatable bonds is 7. The van der Waals surface area contributed by atoms with Crippen LogP contribution >= 0.6 is 0 Å². The van der Waals surface area contributed by atoms with Crippen LogP contribution in [0.25, 0.3) is 121 Å². The molecule has 298 valence electrons. The minimum absolute atomic E-state index is 1.11. The predicted molar refractivity (Wildman–Crippen MR) is 272 cm³/mol. The van der Waals surface area contributed by atoms with Gasteiger partial charge >= 0.3 is 0 Å². The van der Waals surface area contributed by atoms with E-state index in [1.807, 2.05) is 18.5 Å². The Hall–Kier alpha value is -8.39. The zero-order chi connectivity index (χ0) is 42.4. The molecule has 0 aliphatic heterocycles. The number of hydrogen-bond donors (Lipinski definition) is 0. The predicted octanol–water partition coefficient (Wildman–Crippen LogP) is 17.4. The lowest BCUT2D eigenvalue weighted by Gasteiger charge is -2.21. The number of hydrogen-bond acceptors (Lipinski definition) is 1. The molecular weight excluding hydrogens is 771 g/mol. The van der Waals surface area contributed by atoms with E-state index in [0.717, 1.165) is 5.56 Å². The van der Waals surface area contributed by atoms with Crippen LogP contribution in [0.15, 0.2) is 249 Å². The molecule has 1 aromatic heterocycles. The van der Waals surface area contributed by atoms with Gasteiger partial charge in [-0.1, -0.05) is 231 Å². The maximum atomic E-state index is 4.48. The third-order valence-corrected chi connectivity index (χ3v) is 13.0. The first kappa shape index (κ1) is 37.4. The van der Waals surface area contributed by atoms with Crippen molar-refractivity contribution in [2.45, 2.75) is 0 Å². The molecule has 1 heterocycles. The first-order chi connectivity index (χ1) is 31.8. The molecule has 0 saturated heterocycles. The third kappa shape index (κ3) is 6.29. The van der Waals surface area contributed by atoms with Crippen molar-refractivity contribution in [1.82, 2.24) is 4.98 Å². The Balaban J connectivity index is 1.01. The van der Waals surface area contributed by atoms with Gasteiger partial charge in [0.2, 0.25) is 0 Å². The van der Waals surface area contributed by atoms with E-state index >= 15 is 0 Å². The van der Waals surface area contributed by atoms with Gasteiger partial charge in [0.05, 0.1) is 0 Å². The molecule has 0 aliphatic carbocycles. The molecule has 0 bridgehead atoms. The first-order valence-corrected chi connectivity index (χ1v) is 22.0. The highest BCUT2D eigenvalue weighted by Gasteiger charge is 2.21. The molecule has 12 aromatic rings. The second-order valence-corrected chi connectivity index (χ2v) is 16.5.